The molecule has 18 aromatic rings. The summed E-state index contributed by atoms with van der Waals surface area (Å²) in [7, 11) is 0. The molecule has 1 saturated carbocycles. The van der Waals surface area contributed by atoms with Crippen molar-refractivity contribution in [2.75, 3.05) is 46.3 Å². The van der Waals surface area contributed by atoms with Gasteiger partial charge in [0.25, 0.3) is 5.91 Å². The normalized spacial score (nSPS) is 13.4. The zero-order valence-electron chi connectivity index (χ0n) is 79.6. The first-order valence-corrected chi connectivity index (χ1v) is 46.7. The molecule has 1 saturated heterocycles. The summed E-state index contributed by atoms with van der Waals surface area (Å²) in [4.78, 5) is 156. The number of nitrogens with one attached hydrogen (secondary N) is 11. The number of para-hydroxylation sites is 2. The van der Waals surface area contributed by atoms with Crippen LogP contribution in [0.15, 0.2) is 283 Å². The second-order valence-corrected chi connectivity index (χ2v) is 34.5. The Bertz CT molecular complexity index is 7240. The first-order chi connectivity index (χ1) is 70.6. The quantitative estimate of drug-likeness (QED) is 0.0228. The molecule has 0 radical (unpaired) electrons. The molecule has 11 N–H and O–H groups in total. The number of carbonyl (C=O) groups is 7. The van der Waals surface area contributed by atoms with Crippen LogP contribution in [0.5, 0.6) is 17.4 Å². The van der Waals surface area contributed by atoms with Crippen molar-refractivity contribution in [1.29, 1.82) is 0 Å². The standard InChI is InChI=1S/C21H21N5O2.C20H15N5O2.C17H20N6O2.C17H15N5O2.C15H15N5O2.C14H16N4O/c27-19-12-16(14-26(19)11-9-15-6-2-1-3-7-15)21(28)25-18-13-23-20(24-18)17-8-4-5-10-22-17;26-20(25-17-13-23-19(24-17)16-8-4-5-11-21-16)14-9-10-18(22-12-14)27-15-6-2-1-3-7-15;1-17(2,3)16-20-14(25-23-16)8-7-11(24)10-13-19-15(22-21-13)12-6-4-5-9-18-12;23-16(12-9-11-5-1-2-7-14(11)24-10-12)20-17-19-15(21-22-17)13-6-3-4-8-18-13;1-9-8-22-10(2)11(9)7-13(21)17-15-18-14(19-20-15)12-5-3-4-6-16-12;19-14(10-5-1-2-6-10)18-12-9-16-13(17-12)11-7-3-4-8-15-11/h1-8,10,13,16H,9,11-12,14H2,(H,23,24)(H,25,28);1-13H,(H,23,24)(H,25,26);4-6,9H,7-8,10H2,1-3H3,(H,19,21,22);1-8,12H,9-10H2,(H2,19,20,21,22,23);3-6,8H,7H2,1-2H3,(H2,17,18,19,20,21);3-4,7-10H,1-2,5-6H2,(H,16,17)(H,18,19). The second kappa shape index (κ2) is 48.7. The summed E-state index contributed by atoms with van der Waals surface area (Å²) in [5.41, 5.74) is 8.45. The SMILES string of the molecule is CC(C)(C)c1noc(CCC(=O)Cc2nc(-c3ccccn3)n[nH]2)n1.Cc1coc(C)c1CC(=O)Nc1n[nH]c(-c2ccccn2)n1.O=C(Nc1cnc(-c2ccccn2)[nH]1)C1CC(=O)N(CCc2ccccc2)C1.O=C(Nc1cnc(-c2ccccn2)[nH]1)C1CCCC1.O=C(Nc1cnc(-c2ccccn2)[nH]1)c1ccc(Oc2ccccc2)nc1.O=C(Nc1n[nH]c(-c2ccccn2)n1)C1COc2ccccc2C1. The molecular formula is C104H102N30O11. The van der Waals surface area contributed by atoms with Gasteiger partial charge in [-0.25, -0.2) is 24.9 Å². The van der Waals surface area contributed by atoms with E-state index in [0.717, 1.165) is 66.0 Å². The van der Waals surface area contributed by atoms with Crippen LogP contribution in [0.2, 0.25) is 0 Å². The summed E-state index contributed by atoms with van der Waals surface area (Å²) in [5.74, 6) is 8.58. The third kappa shape index (κ3) is 28.5. The van der Waals surface area contributed by atoms with Crippen LogP contribution < -0.4 is 36.1 Å². The number of anilines is 5. The van der Waals surface area contributed by atoms with E-state index < -0.39 is 0 Å². The van der Waals surface area contributed by atoms with Gasteiger partial charge in [-0.05, 0) is 153 Å². The summed E-state index contributed by atoms with van der Waals surface area (Å²) < 4.78 is 21.7. The van der Waals surface area contributed by atoms with Gasteiger partial charge in [0.15, 0.2) is 40.8 Å². The number of aryl methyl sites for hydroxylation is 3. The van der Waals surface area contributed by atoms with Crippen LogP contribution in [0.4, 0.5) is 29.4 Å². The number of Topliss-reactive ketones (excluding diaryl/α,β-unsaturated/α-hetero) is 1. The Kier molecular flexibility index (Phi) is 33.4. The van der Waals surface area contributed by atoms with E-state index in [1.165, 1.54) is 11.8 Å². The minimum atomic E-state index is -0.357. The first-order valence-electron chi connectivity index (χ1n) is 46.7. The fourth-order valence-electron chi connectivity index (χ4n) is 15.1. The maximum Gasteiger partial charge on any atom is 0.258 e. The molecule has 2 aliphatic heterocycles. The molecule has 0 spiro atoms. The van der Waals surface area contributed by atoms with Crippen LogP contribution in [-0.4, -0.2) is 186 Å². The monoisotopic (exact) mass is 1950 g/mol. The fourth-order valence-corrected chi connectivity index (χ4v) is 15.1. The summed E-state index contributed by atoms with van der Waals surface area (Å²) in [6.07, 6.45) is 25.0. The summed E-state index contributed by atoms with van der Waals surface area (Å²) >= 11 is 0. The van der Waals surface area contributed by atoms with Crippen LogP contribution in [0.25, 0.3) is 69.1 Å². The molecule has 1 aliphatic carbocycles. The van der Waals surface area contributed by atoms with Gasteiger partial charge in [0.05, 0.1) is 55.1 Å². The van der Waals surface area contributed by atoms with E-state index >= 15 is 0 Å². The molecule has 17 heterocycles. The van der Waals surface area contributed by atoms with Crippen molar-refractivity contribution < 1.29 is 52.0 Å². The van der Waals surface area contributed by atoms with E-state index in [-0.39, 0.29) is 95.6 Å². The average molecular weight is 1950 g/mol. The molecule has 15 aromatic heterocycles. The lowest BCUT2D eigenvalue weighted by molar-refractivity contribution is -0.128. The zero-order valence-corrected chi connectivity index (χ0v) is 79.6. The van der Waals surface area contributed by atoms with Gasteiger partial charge >= 0.3 is 0 Å². The molecule has 2 atom stereocenters. The third-order valence-electron chi connectivity index (χ3n) is 22.7. The predicted octanol–water partition coefficient (Wildman–Crippen LogP) is 15.6. The smallest absolute Gasteiger partial charge is 0.258 e. The second-order valence-electron chi connectivity index (χ2n) is 34.5. The number of hydrogen-bond donors (Lipinski definition) is 11. The topological polar surface area (TPSA) is 554 Å². The number of aromatic amines is 6. The van der Waals surface area contributed by atoms with Crippen molar-refractivity contribution in [3.05, 3.63) is 326 Å². The minimum absolute atomic E-state index is 0.0230. The van der Waals surface area contributed by atoms with Crippen molar-refractivity contribution in [3.63, 3.8) is 0 Å². The fraction of sp³-hybridized carbons (Fsp3) is 0.221. The number of carbonyl (C=O) groups excluding carboxylic acids is 7. The number of pyridine rings is 7. The van der Waals surface area contributed by atoms with Gasteiger partial charge in [-0.2, -0.15) is 20.1 Å². The van der Waals surface area contributed by atoms with E-state index in [2.05, 4.69) is 147 Å². The molecular weight excluding hydrogens is 1850 g/mol. The van der Waals surface area contributed by atoms with Crippen LogP contribution in [0.1, 0.15) is 115 Å². The van der Waals surface area contributed by atoms with Gasteiger partial charge in [0, 0.05) is 98.7 Å². The maximum absolute atomic E-state index is 12.6. The number of furan rings is 1. The number of likely N-dealkylation sites (tertiary alicyclic amines) is 1. The molecule has 2 unspecified atom stereocenters. The van der Waals surface area contributed by atoms with Gasteiger partial charge in [-0.15, -0.1) is 10.2 Å². The van der Waals surface area contributed by atoms with Gasteiger partial charge < -0.3 is 54.2 Å². The molecule has 145 heavy (non-hydrogen) atoms. The number of ketones is 1. The zero-order chi connectivity index (χ0) is 101. The number of rotatable bonds is 27. The van der Waals surface area contributed by atoms with Gasteiger partial charge in [-0.3, -0.25) is 89.4 Å². The third-order valence-corrected chi connectivity index (χ3v) is 22.7. The largest absolute Gasteiger partial charge is 0.492 e. The molecule has 3 aliphatic rings. The predicted molar refractivity (Wildman–Crippen MR) is 535 cm³/mol. The van der Waals surface area contributed by atoms with Crippen molar-refractivity contribution in [2.45, 2.75) is 111 Å². The Morgan fingerprint density at radius 2 is 0.993 bits per heavy atom. The van der Waals surface area contributed by atoms with Gasteiger partial charge in [0.1, 0.15) is 87.1 Å². The van der Waals surface area contributed by atoms with E-state index in [1.54, 1.807) is 79.1 Å². The maximum atomic E-state index is 12.6. The highest BCUT2D eigenvalue weighted by Crippen LogP contribution is 2.31. The molecule has 3 aromatic carbocycles. The average Bonchev–Trinajstić information content (AvgIpc) is 1.79. The number of amides is 6. The number of benzene rings is 3. The number of hydrogen-bond acceptors (Lipinski definition) is 29. The molecule has 41 heteroatoms. The number of H-pyrrole nitrogens is 6. The molecule has 2 fully saturated rings. The van der Waals surface area contributed by atoms with E-state index in [9.17, 15) is 33.6 Å². The highest BCUT2D eigenvalue weighted by atomic mass is 16.5. The Balaban J connectivity index is 0.000000125. The summed E-state index contributed by atoms with van der Waals surface area (Å²) in [6, 6.07) is 63.6. The van der Waals surface area contributed by atoms with Crippen molar-refractivity contribution in [3.8, 4) is 86.5 Å². The lowest BCUT2D eigenvalue weighted by Gasteiger charge is -2.23. The van der Waals surface area contributed by atoms with Crippen LogP contribution in [-0.2, 0) is 66.3 Å². The molecule has 21 rings (SSSR count). The lowest BCUT2D eigenvalue weighted by Crippen LogP contribution is -2.32. The first kappa shape index (κ1) is 99.3. The van der Waals surface area contributed by atoms with Gasteiger partial charge in [0.2, 0.25) is 53.2 Å². The van der Waals surface area contributed by atoms with E-state index in [4.69, 9.17) is 18.4 Å². The Morgan fingerprint density at radius 1 is 0.476 bits per heavy atom. The number of fused-ring (bicyclic) bond motifs is 1. The lowest BCUT2D eigenvalue weighted by atomic mass is 9.96. The molecule has 6 amide bonds. The van der Waals surface area contributed by atoms with Crippen molar-refractivity contribution in [1.82, 2.24) is 125 Å². The number of ether oxygens (including phenoxy) is 2. The number of imidazole rings is 3. The highest BCUT2D eigenvalue weighted by molar-refractivity contribution is 6.04. The Hall–Kier alpha value is -18.7. The molecule has 41 nitrogen and oxygen atoms in total. The summed E-state index contributed by atoms with van der Waals surface area (Å²) in [6.45, 7) is 11.2. The van der Waals surface area contributed by atoms with E-state index in [0.29, 0.717) is 155 Å². The Morgan fingerprint density at radius 3 is 1.52 bits per heavy atom. The number of nitrogens with zero attached hydrogens (tertiary/aromatic N) is 19. The van der Waals surface area contributed by atoms with Gasteiger partial charge in [-0.1, -0.05) is 142 Å². The van der Waals surface area contributed by atoms with Crippen LogP contribution in [0, 0.1) is 31.6 Å². The molecule has 0 bridgehead atoms. The van der Waals surface area contributed by atoms with Crippen LogP contribution >= 0.6 is 0 Å². The van der Waals surface area contributed by atoms with E-state index in [1.807, 2.05) is 229 Å². The van der Waals surface area contributed by atoms with Crippen LogP contribution in [0.3, 0.4) is 0 Å². The molecule has 734 valence electrons. The minimum Gasteiger partial charge on any atom is -0.492 e. The number of aromatic nitrogens is 24. The Labute approximate surface area is 830 Å². The summed E-state index contributed by atoms with van der Waals surface area (Å²) in [5, 5.41) is 38.2. The highest BCUT2D eigenvalue weighted by Gasteiger charge is 2.35. The van der Waals surface area contributed by atoms with Crippen molar-refractivity contribution >= 4 is 70.6 Å². The van der Waals surface area contributed by atoms with Crippen molar-refractivity contribution in [2.24, 2.45) is 17.8 Å².